The molecule has 0 spiro atoms. The molecule has 0 aromatic rings. The van der Waals surface area contributed by atoms with Crippen LogP contribution in [0, 0.1) is 0 Å². The van der Waals surface area contributed by atoms with Crippen LogP contribution in [0.5, 0.6) is 0 Å². The van der Waals surface area contributed by atoms with Crippen LogP contribution in [0.2, 0.25) is 0 Å². The smallest absolute Gasteiger partial charge is 0.356 e. The number of hydrogen-bond donors (Lipinski definition) is 1. The molecule has 0 aliphatic rings. The third-order valence-corrected chi connectivity index (χ3v) is 1.40. The van der Waals surface area contributed by atoms with E-state index in [0.29, 0.717) is 6.42 Å². The molecule has 6 heteroatoms. The molecule has 0 fully saturated rings. The Balaban J connectivity index is 5.14. The van der Waals surface area contributed by atoms with E-state index in [-0.39, 0.29) is 6.42 Å². The quantitative estimate of drug-likeness (QED) is 0.488. The second-order valence-electron chi connectivity index (χ2n) is 2.28. The predicted octanol–water partition coefficient (Wildman–Crippen LogP) is 0.239. The van der Waals surface area contributed by atoms with Crippen LogP contribution in [0.3, 0.4) is 0 Å². The zero-order valence-electron chi connectivity index (χ0n) is 6.98. The molecule has 0 aromatic carbocycles. The van der Waals surface area contributed by atoms with Crippen LogP contribution in [0.25, 0.3) is 0 Å². The van der Waals surface area contributed by atoms with Crippen molar-refractivity contribution in [3.63, 3.8) is 0 Å². The van der Waals surface area contributed by atoms with Gasteiger partial charge in [0.1, 0.15) is 0 Å². The first-order valence-electron chi connectivity index (χ1n) is 3.54. The van der Waals surface area contributed by atoms with Crippen molar-refractivity contribution in [1.29, 1.82) is 0 Å². The molecule has 0 bridgehead atoms. The SMILES string of the molecule is CCCC(N=C=O)(N=C=O)C(=O)O. The van der Waals surface area contributed by atoms with E-state index in [0.717, 1.165) is 12.2 Å². The lowest BCUT2D eigenvalue weighted by molar-refractivity contribution is -0.143. The number of carbonyl (C=O) groups is 1. The van der Waals surface area contributed by atoms with Crippen molar-refractivity contribution in [3.8, 4) is 0 Å². The molecular weight excluding hydrogens is 176 g/mol. The van der Waals surface area contributed by atoms with Crippen LogP contribution < -0.4 is 0 Å². The molecule has 0 atom stereocenters. The second kappa shape index (κ2) is 4.98. The van der Waals surface area contributed by atoms with Crippen molar-refractivity contribution in [2.24, 2.45) is 9.98 Å². The highest BCUT2D eigenvalue weighted by atomic mass is 16.4. The zero-order chi connectivity index (χ0) is 10.3. The van der Waals surface area contributed by atoms with Crippen molar-refractivity contribution in [2.45, 2.75) is 25.4 Å². The minimum atomic E-state index is -2.03. The van der Waals surface area contributed by atoms with Crippen molar-refractivity contribution >= 4 is 18.1 Å². The molecule has 6 nitrogen and oxygen atoms in total. The maximum Gasteiger partial charge on any atom is 0.356 e. The predicted molar refractivity (Wildman–Crippen MR) is 41.5 cm³/mol. The first-order chi connectivity index (χ1) is 6.13. The minimum absolute atomic E-state index is 0.0349. The third-order valence-electron chi connectivity index (χ3n) is 1.40. The summed E-state index contributed by atoms with van der Waals surface area (Å²) >= 11 is 0. The van der Waals surface area contributed by atoms with Crippen LogP contribution in [0.15, 0.2) is 9.98 Å². The number of rotatable bonds is 5. The van der Waals surface area contributed by atoms with Gasteiger partial charge in [0, 0.05) is 6.42 Å². The Morgan fingerprint density at radius 1 is 1.38 bits per heavy atom. The van der Waals surface area contributed by atoms with Crippen molar-refractivity contribution < 1.29 is 19.5 Å². The Bertz CT molecular complexity index is 263. The summed E-state index contributed by atoms with van der Waals surface area (Å²) in [5, 5.41) is 8.67. The van der Waals surface area contributed by atoms with E-state index >= 15 is 0 Å². The molecule has 0 rings (SSSR count). The lowest BCUT2D eigenvalue weighted by Gasteiger charge is -2.14. The van der Waals surface area contributed by atoms with Gasteiger partial charge in [0.25, 0.3) is 5.66 Å². The maximum atomic E-state index is 10.6. The minimum Gasteiger partial charge on any atom is -0.478 e. The van der Waals surface area contributed by atoms with Gasteiger partial charge in [-0.2, -0.15) is 9.98 Å². The summed E-state index contributed by atoms with van der Waals surface area (Å²) in [5.41, 5.74) is -2.03. The van der Waals surface area contributed by atoms with Gasteiger partial charge in [0.2, 0.25) is 12.2 Å². The van der Waals surface area contributed by atoms with Gasteiger partial charge in [-0.1, -0.05) is 13.3 Å². The molecule has 13 heavy (non-hydrogen) atoms. The highest BCUT2D eigenvalue weighted by Crippen LogP contribution is 2.19. The van der Waals surface area contributed by atoms with E-state index in [2.05, 4.69) is 9.98 Å². The lowest BCUT2D eigenvalue weighted by Crippen LogP contribution is -2.34. The normalized spacial score (nSPS) is 13.3. The van der Waals surface area contributed by atoms with Crippen LogP contribution in [-0.2, 0) is 14.4 Å². The molecule has 1 N–H and O–H groups in total. The topological polar surface area (TPSA) is 96.2 Å². The number of carboxylic acid groups (broad SMARTS) is 1. The van der Waals surface area contributed by atoms with E-state index < -0.39 is 11.6 Å². The Hall–Kier alpha value is -1.77. The summed E-state index contributed by atoms with van der Waals surface area (Å²) in [6.07, 6.45) is 2.55. The number of hydrogen-bond acceptors (Lipinski definition) is 5. The number of carboxylic acids is 1. The summed E-state index contributed by atoms with van der Waals surface area (Å²) < 4.78 is 0. The molecule has 0 heterocycles. The summed E-state index contributed by atoms with van der Waals surface area (Å²) in [7, 11) is 0. The third kappa shape index (κ3) is 2.63. The Labute approximate surface area is 74.0 Å². The van der Waals surface area contributed by atoms with Gasteiger partial charge in [0.05, 0.1) is 0 Å². The molecule has 0 amide bonds. The summed E-state index contributed by atoms with van der Waals surface area (Å²) in [5.74, 6) is -1.46. The van der Waals surface area contributed by atoms with Gasteiger partial charge in [-0.15, -0.1) is 0 Å². The highest BCUT2D eigenvalue weighted by Gasteiger charge is 2.37. The standard InChI is InChI=1S/C7H8N2O4/c1-2-3-7(6(12)13,8-4-10)9-5-11/h2-3H2,1H3,(H,12,13). The molecule has 0 saturated carbocycles. The molecule has 0 aliphatic carbocycles. The van der Waals surface area contributed by atoms with E-state index in [1.165, 1.54) is 0 Å². The van der Waals surface area contributed by atoms with Crippen molar-refractivity contribution in [1.82, 2.24) is 0 Å². The van der Waals surface area contributed by atoms with Crippen LogP contribution in [0.4, 0.5) is 0 Å². The fraction of sp³-hybridized carbons (Fsp3) is 0.571. The number of aliphatic imine (C=N–C) groups is 2. The molecule has 0 unspecified atom stereocenters. The lowest BCUT2D eigenvalue weighted by atomic mass is 10.1. The Kier molecular flexibility index (Phi) is 4.30. The second-order valence-corrected chi connectivity index (χ2v) is 2.28. The number of carbonyl (C=O) groups excluding carboxylic acids is 2. The summed E-state index contributed by atoms with van der Waals surface area (Å²) in [6, 6.07) is 0. The van der Waals surface area contributed by atoms with E-state index in [1.807, 2.05) is 0 Å². The fourth-order valence-electron chi connectivity index (χ4n) is 0.839. The van der Waals surface area contributed by atoms with E-state index in [1.54, 1.807) is 6.92 Å². The number of nitrogens with zero attached hydrogens (tertiary/aromatic N) is 2. The number of aliphatic carboxylic acids is 1. The molecule has 0 aliphatic heterocycles. The van der Waals surface area contributed by atoms with Crippen LogP contribution in [0.1, 0.15) is 19.8 Å². The first kappa shape index (κ1) is 11.2. The average Bonchev–Trinajstić information content (AvgIpc) is 2.05. The fourth-order valence-corrected chi connectivity index (χ4v) is 0.839. The highest BCUT2D eigenvalue weighted by molar-refractivity contribution is 5.80. The van der Waals surface area contributed by atoms with Gasteiger partial charge in [-0.05, 0) is 0 Å². The Morgan fingerprint density at radius 2 is 1.85 bits per heavy atom. The summed E-state index contributed by atoms with van der Waals surface area (Å²) in [4.78, 5) is 36.5. The summed E-state index contributed by atoms with van der Waals surface area (Å²) in [6.45, 7) is 1.68. The van der Waals surface area contributed by atoms with Crippen molar-refractivity contribution in [2.75, 3.05) is 0 Å². The largest absolute Gasteiger partial charge is 0.478 e. The zero-order valence-corrected chi connectivity index (χ0v) is 6.98. The number of isocyanates is 2. The molecule has 70 valence electrons. The first-order valence-corrected chi connectivity index (χ1v) is 3.54. The molecule has 0 radical (unpaired) electrons. The van der Waals surface area contributed by atoms with Gasteiger partial charge in [-0.25, -0.2) is 14.4 Å². The average molecular weight is 184 g/mol. The molecule has 0 aromatic heterocycles. The van der Waals surface area contributed by atoms with Crippen LogP contribution >= 0.6 is 0 Å². The molecular formula is C7H8N2O4. The van der Waals surface area contributed by atoms with E-state index in [9.17, 15) is 14.4 Å². The molecule has 0 saturated heterocycles. The van der Waals surface area contributed by atoms with E-state index in [4.69, 9.17) is 5.11 Å². The van der Waals surface area contributed by atoms with Gasteiger partial charge in [-0.3, -0.25) is 0 Å². The van der Waals surface area contributed by atoms with Crippen LogP contribution in [-0.4, -0.2) is 28.9 Å². The van der Waals surface area contributed by atoms with Crippen molar-refractivity contribution in [3.05, 3.63) is 0 Å². The maximum absolute atomic E-state index is 10.6. The van der Waals surface area contributed by atoms with Gasteiger partial charge in [0.15, 0.2) is 0 Å². The monoisotopic (exact) mass is 184 g/mol. The Morgan fingerprint density at radius 3 is 2.08 bits per heavy atom. The van der Waals surface area contributed by atoms with Gasteiger partial charge >= 0.3 is 5.97 Å². The van der Waals surface area contributed by atoms with Gasteiger partial charge < -0.3 is 5.11 Å².